The Morgan fingerprint density at radius 3 is 2.35 bits per heavy atom. The summed E-state index contributed by atoms with van der Waals surface area (Å²) in [7, 11) is 1.29. The number of aromatic hydroxyl groups is 1. The van der Waals surface area contributed by atoms with Crippen molar-refractivity contribution in [2.24, 2.45) is 0 Å². The molecule has 0 saturated carbocycles. The third-order valence-corrected chi connectivity index (χ3v) is 3.40. The highest BCUT2D eigenvalue weighted by atomic mass is 19.2. The van der Waals surface area contributed by atoms with Crippen molar-refractivity contribution in [2.45, 2.75) is 6.10 Å². The van der Waals surface area contributed by atoms with E-state index < -0.39 is 47.6 Å². The van der Waals surface area contributed by atoms with Gasteiger partial charge < -0.3 is 20.5 Å². The third-order valence-electron chi connectivity index (χ3n) is 3.40. The van der Waals surface area contributed by atoms with Gasteiger partial charge in [0, 0.05) is 7.11 Å². The maximum atomic E-state index is 13.5. The lowest BCUT2D eigenvalue weighted by Gasteiger charge is -2.15. The molecule has 2 rings (SSSR count). The summed E-state index contributed by atoms with van der Waals surface area (Å²) in [5.74, 6) is -6.12. The van der Waals surface area contributed by atoms with Crippen molar-refractivity contribution >= 4 is 17.5 Å². The molecule has 2 aromatic carbocycles. The number of nitrogens with one attached hydrogen (secondary N) is 2. The summed E-state index contributed by atoms with van der Waals surface area (Å²) < 4.78 is 44.5. The van der Waals surface area contributed by atoms with E-state index in [1.165, 1.54) is 31.4 Å². The number of benzene rings is 2. The number of methoxy groups -OCH3 is 1. The molecule has 0 aliphatic carbocycles. The summed E-state index contributed by atoms with van der Waals surface area (Å²) in [6, 6.07) is 7.21. The van der Waals surface area contributed by atoms with Crippen LogP contribution in [0.15, 0.2) is 36.4 Å². The normalized spacial score (nSPS) is 11.7. The number of rotatable bonds is 6. The maximum absolute atomic E-state index is 13.5. The van der Waals surface area contributed by atoms with Gasteiger partial charge >= 0.3 is 0 Å². The van der Waals surface area contributed by atoms with Crippen molar-refractivity contribution in [1.29, 1.82) is 0 Å². The van der Waals surface area contributed by atoms with Crippen molar-refractivity contribution in [3.63, 3.8) is 0 Å². The highest BCUT2D eigenvalue weighted by Crippen LogP contribution is 2.20. The number of phenols is 1. The SMILES string of the molecule is CO[C@H](C(=O)NCC(=O)Nc1ccc(F)c(F)c1F)c1ccc(O)cc1. The molecule has 0 unspecified atom stereocenters. The van der Waals surface area contributed by atoms with Crippen molar-refractivity contribution in [2.75, 3.05) is 19.0 Å². The van der Waals surface area contributed by atoms with Gasteiger partial charge in [-0.2, -0.15) is 0 Å². The average Bonchev–Trinajstić information content (AvgIpc) is 2.62. The van der Waals surface area contributed by atoms with Gasteiger partial charge in [0.2, 0.25) is 5.91 Å². The zero-order valence-electron chi connectivity index (χ0n) is 13.6. The van der Waals surface area contributed by atoms with E-state index in [4.69, 9.17) is 4.74 Å². The summed E-state index contributed by atoms with van der Waals surface area (Å²) in [6.07, 6.45) is -1.04. The van der Waals surface area contributed by atoms with Crippen LogP contribution >= 0.6 is 0 Å². The van der Waals surface area contributed by atoms with Crippen molar-refractivity contribution in [1.82, 2.24) is 5.32 Å². The Morgan fingerprint density at radius 2 is 1.73 bits per heavy atom. The van der Waals surface area contributed by atoms with Crippen LogP contribution < -0.4 is 10.6 Å². The van der Waals surface area contributed by atoms with E-state index >= 15 is 0 Å². The quantitative estimate of drug-likeness (QED) is 0.683. The molecular weight excluding hydrogens is 353 g/mol. The van der Waals surface area contributed by atoms with Gasteiger partial charge in [0.15, 0.2) is 23.6 Å². The summed E-state index contributed by atoms with van der Waals surface area (Å²) >= 11 is 0. The van der Waals surface area contributed by atoms with Crippen molar-refractivity contribution in [3.05, 3.63) is 59.4 Å². The molecule has 0 saturated heterocycles. The van der Waals surface area contributed by atoms with E-state index in [0.29, 0.717) is 11.6 Å². The Bertz CT molecular complexity index is 812. The second kappa shape index (κ2) is 8.34. The number of ether oxygens (including phenoxy) is 1. The minimum atomic E-state index is -1.71. The van der Waals surface area contributed by atoms with Crippen LogP contribution in [-0.4, -0.2) is 30.6 Å². The number of amides is 2. The van der Waals surface area contributed by atoms with Crippen LogP contribution in [0.4, 0.5) is 18.9 Å². The molecule has 0 aliphatic heterocycles. The molecule has 1 atom stereocenters. The molecule has 6 nitrogen and oxygen atoms in total. The number of carbonyl (C=O) groups excluding carboxylic acids is 2. The Labute approximate surface area is 146 Å². The predicted octanol–water partition coefficient (Wildman–Crippen LogP) is 2.25. The van der Waals surface area contributed by atoms with Gasteiger partial charge in [0.1, 0.15) is 5.75 Å². The molecule has 3 N–H and O–H groups in total. The molecule has 0 heterocycles. The largest absolute Gasteiger partial charge is 0.508 e. The first kappa shape index (κ1) is 19.3. The van der Waals surface area contributed by atoms with Crippen LogP contribution in [0.3, 0.4) is 0 Å². The van der Waals surface area contributed by atoms with Gasteiger partial charge in [-0.25, -0.2) is 13.2 Å². The molecule has 2 amide bonds. The smallest absolute Gasteiger partial charge is 0.254 e. The monoisotopic (exact) mass is 368 g/mol. The van der Waals surface area contributed by atoms with Gasteiger partial charge in [-0.1, -0.05) is 12.1 Å². The van der Waals surface area contributed by atoms with Crippen LogP contribution in [0.5, 0.6) is 5.75 Å². The molecule has 0 aromatic heterocycles. The molecule has 2 aromatic rings. The molecule has 9 heteroatoms. The van der Waals surface area contributed by atoms with Gasteiger partial charge in [0.25, 0.3) is 5.91 Å². The van der Waals surface area contributed by atoms with Crippen LogP contribution in [0.2, 0.25) is 0 Å². The molecular formula is C17H15F3N2O4. The Morgan fingerprint density at radius 1 is 1.08 bits per heavy atom. The Balaban J connectivity index is 1.96. The first-order chi connectivity index (χ1) is 12.3. The van der Waals surface area contributed by atoms with E-state index in [0.717, 1.165) is 6.07 Å². The van der Waals surface area contributed by atoms with E-state index in [1.54, 1.807) is 0 Å². The maximum Gasteiger partial charge on any atom is 0.254 e. The summed E-state index contributed by atoms with van der Waals surface area (Å²) in [5, 5.41) is 13.6. The predicted molar refractivity (Wildman–Crippen MR) is 85.8 cm³/mol. The zero-order chi connectivity index (χ0) is 19.3. The second-order valence-corrected chi connectivity index (χ2v) is 5.20. The van der Waals surface area contributed by atoms with E-state index in [1.807, 2.05) is 5.32 Å². The lowest BCUT2D eigenvalue weighted by molar-refractivity contribution is -0.132. The topological polar surface area (TPSA) is 87.7 Å². The molecule has 26 heavy (non-hydrogen) atoms. The third kappa shape index (κ3) is 4.51. The van der Waals surface area contributed by atoms with Gasteiger partial charge in [-0.3, -0.25) is 9.59 Å². The Hall–Kier alpha value is -3.07. The highest BCUT2D eigenvalue weighted by Gasteiger charge is 2.21. The van der Waals surface area contributed by atoms with Crippen molar-refractivity contribution < 1.29 is 32.6 Å². The van der Waals surface area contributed by atoms with Crippen LogP contribution in [-0.2, 0) is 14.3 Å². The minimum absolute atomic E-state index is 0.0111. The summed E-state index contributed by atoms with van der Waals surface area (Å²) in [6.45, 7) is -0.546. The van der Waals surface area contributed by atoms with E-state index in [-0.39, 0.29) is 5.75 Å². The molecule has 0 bridgehead atoms. The van der Waals surface area contributed by atoms with Crippen LogP contribution in [0.25, 0.3) is 0 Å². The fourth-order valence-corrected chi connectivity index (χ4v) is 2.12. The fourth-order valence-electron chi connectivity index (χ4n) is 2.12. The first-order valence-electron chi connectivity index (χ1n) is 7.36. The van der Waals surface area contributed by atoms with Crippen LogP contribution in [0, 0.1) is 17.5 Å². The molecule has 0 aliphatic rings. The van der Waals surface area contributed by atoms with Crippen LogP contribution in [0.1, 0.15) is 11.7 Å². The number of hydrogen-bond acceptors (Lipinski definition) is 4. The molecule has 0 spiro atoms. The standard InChI is InChI=1S/C17H15F3N2O4/c1-26-16(9-2-4-10(23)5-3-9)17(25)21-8-13(24)22-12-7-6-11(18)14(19)15(12)20/h2-7,16,23H,8H2,1H3,(H,21,25)(H,22,24)/t16-/m0/s1. The van der Waals surface area contributed by atoms with Crippen molar-refractivity contribution in [3.8, 4) is 5.75 Å². The molecule has 0 radical (unpaired) electrons. The Kier molecular flexibility index (Phi) is 6.18. The average molecular weight is 368 g/mol. The van der Waals surface area contributed by atoms with Gasteiger partial charge in [-0.15, -0.1) is 0 Å². The second-order valence-electron chi connectivity index (χ2n) is 5.20. The first-order valence-corrected chi connectivity index (χ1v) is 7.36. The summed E-state index contributed by atoms with van der Waals surface area (Å²) in [5.41, 5.74) is -0.111. The molecule has 138 valence electrons. The number of hydrogen-bond donors (Lipinski definition) is 3. The highest BCUT2D eigenvalue weighted by molar-refractivity contribution is 5.95. The number of phenolic OH excluding ortho intramolecular Hbond substituents is 1. The molecule has 0 fully saturated rings. The number of anilines is 1. The fraction of sp³-hybridized carbons (Fsp3) is 0.176. The van der Waals surface area contributed by atoms with Gasteiger partial charge in [-0.05, 0) is 29.8 Å². The number of carbonyl (C=O) groups is 2. The van der Waals surface area contributed by atoms with Gasteiger partial charge in [0.05, 0.1) is 12.2 Å². The summed E-state index contributed by atoms with van der Waals surface area (Å²) in [4.78, 5) is 23.9. The number of halogens is 3. The van der Waals surface area contributed by atoms with E-state index in [9.17, 15) is 27.9 Å². The lowest BCUT2D eigenvalue weighted by Crippen LogP contribution is -2.36. The van der Waals surface area contributed by atoms with E-state index in [2.05, 4.69) is 5.32 Å². The lowest BCUT2D eigenvalue weighted by atomic mass is 10.1. The zero-order valence-corrected chi connectivity index (χ0v) is 13.6. The minimum Gasteiger partial charge on any atom is -0.508 e.